The van der Waals surface area contributed by atoms with Crippen molar-refractivity contribution in [2.75, 3.05) is 19.6 Å². The molecule has 2 heteroatoms. The maximum atomic E-state index is 4.02. The van der Waals surface area contributed by atoms with Crippen LogP contribution >= 0.6 is 0 Å². The first-order valence-electron chi connectivity index (χ1n) is 6.00. The molecule has 0 amide bonds. The Hall–Kier alpha value is -0.860. The fraction of sp³-hybridized carbons (Fsp3) is 0.538. The van der Waals surface area contributed by atoms with Crippen LogP contribution in [0.3, 0.4) is 0 Å². The van der Waals surface area contributed by atoms with Crippen molar-refractivity contribution in [3.63, 3.8) is 0 Å². The molecule has 15 heavy (non-hydrogen) atoms. The van der Waals surface area contributed by atoms with Crippen molar-refractivity contribution in [1.29, 1.82) is 0 Å². The van der Waals surface area contributed by atoms with Gasteiger partial charge in [-0.15, -0.1) is 0 Å². The van der Waals surface area contributed by atoms with E-state index in [1.165, 1.54) is 25.1 Å². The van der Waals surface area contributed by atoms with Gasteiger partial charge in [0.25, 0.3) is 0 Å². The van der Waals surface area contributed by atoms with Gasteiger partial charge in [0.2, 0.25) is 0 Å². The molecule has 1 heterocycles. The number of hydrogen-bond acceptors (Lipinski definition) is 0. The Labute approximate surface area is 92.1 Å². The molecule has 1 aliphatic rings. The minimum Gasteiger partial charge on any atom is -0.357 e. The Morgan fingerprint density at radius 2 is 2.13 bits per heavy atom. The van der Waals surface area contributed by atoms with Crippen LogP contribution in [0.1, 0.15) is 24.9 Å². The van der Waals surface area contributed by atoms with Gasteiger partial charge in [-0.3, -0.25) is 0 Å². The highest BCUT2D eigenvalue weighted by molar-refractivity contribution is 5.16. The molecule has 0 bridgehead atoms. The first kappa shape index (κ1) is 10.7. The summed E-state index contributed by atoms with van der Waals surface area (Å²) in [5.41, 5.74) is 5.49. The number of benzene rings is 1. The van der Waals surface area contributed by atoms with Gasteiger partial charge in [0, 0.05) is 12.0 Å². The average molecular weight is 206 g/mol. The summed E-state index contributed by atoms with van der Waals surface area (Å²) in [6, 6.07) is 11.5. The van der Waals surface area contributed by atoms with Crippen LogP contribution in [0.25, 0.3) is 0 Å². The second kappa shape index (κ2) is 4.77. The molecule has 1 fully saturated rings. The second-order valence-corrected chi connectivity index (χ2v) is 4.69. The molecule has 0 aliphatic carbocycles. The monoisotopic (exact) mass is 206 g/mol. The first-order chi connectivity index (χ1) is 7.31. The number of hydrogen-bond donors (Lipinski definition) is 2. The number of rotatable bonds is 3. The number of nitrogens with one attached hydrogen (secondary N) is 1. The van der Waals surface area contributed by atoms with Crippen molar-refractivity contribution >= 4 is 0 Å². The fourth-order valence-electron chi connectivity index (χ4n) is 2.58. The van der Waals surface area contributed by atoms with E-state index in [0.29, 0.717) is 6.04 Å². The summed E-state index contributed by atoms with van der Waals surface area (Å²) in [4.78, 5) is 1.73. The van der Waals surface area contributed by atoms with E-state index in [-0.39, 0.29) is 0 Å². The van der Waals surface area contributed by atoms with Crippen molar-refractivity contribution in [2.45, 2.75) is 19.4 Å². The third-order valence-corrected chi connectivity index (χ3v) is 3.74. The Bertz CT molecular complexity index is 297. The SMILES string of the molecule is C[C@@H](c1ccccc1)[NH+]1CC[C@H](C[NH3+])C1. The zero-order valence-electron chi connectivity index (χ0n) is 9.58. The molecule has 1 aliphatic heterocycles. The van der Waals surface area contributed by atoms with Crippen molar-refractivity contribution < 1.29 is 10.6 Å². The molecule has 0 spiro atoms. The number of quaternary nitrogens is 2. The first-order valence-corrected chi connectivity index (χ1v) is 6.00. The molecular formula is C13H22N2+2. The molecule has 1 saturated heterocycles. The van der Waals surface area contributed by atoms with E-state index in [9.17, 15) is 0 Å². The second-order valence-electron chi connectivity index (χ2n) is 4.69. The Balaban J connectivity index is 2.00. The van der Waals surface area contributed by atoms with E-state index < -0.39 is 0 Å². The number of likely N-dealkylation sites (tertiary alicyclic amines) is 1. The predicted octanol–water partition coefficient (Wildman–Crippen LogP) is -0.106. The molecule has 4 N–H and O–H groups in total. The summed E-state index contributed by atoms with van der Waals surface area (Å²) >= 11 is 0. The molecule has 3 atom stereocenters. The van der Waals surface area contributed by atoms with Crippen LogP contribution in [0, 0.1) is 5.92 Å². The summed E-state index contributed by atoms with van der Waals surface area (Å²) in [6.45, 7) is 6.07. The molecular weight excluding hydrogens is 184 g/mol. The maximum Gasteiger partial charge on any atom is 0.110 e. The van der Waals surface area contributed by atoms with E-state index >= 15 is 0 Å². The van der Waals surface area contributed by atoms with Crippen LogP contribution < -0.4 is 10.6 Å². The fourth-order valence-corrected chi connectivity index (χ4v) is 2.58. The van der Waals surface area contributed by atoms with Crippen LogP contribution in [0.15, 0.2) is 30.3 Å². The molecule has 0 radical (unpaired) electrons. The lowest BCUT2D eigenvalue weighted by Gasteiger charge is -2.21. The minimum atomic E-state index is 0.641. The van der Waals surface area contributed by atoms with E-state index in [4.69, 9.17) is 0 Å². The summed E-state index contributed by atoms with van der Waals surface area (Å²) in [5, 5.41) is 0. The molecule has 2 rings (SSSR count). The molecule has 1 aromatic rings. The lowest BCUT2D eigenvalue weighted by molar-refractivity contribution is -0.919. The predicted molar refractivity (Wildman–Crippen MR) is 61.4 cm³/mol. The van der Waals surface area contributed by atoms with Crippen molar-refractivity contribution in [1.82, 2.24) is 0 Å². The summed E-state index contributed by atoms with van der Waals surface area (Å²) in [6.07, 6.45) is 1.36. The van der Waals surface area contributed by atoms with Crippen LogP contribution in [0.2, 0.25) is 0 Å². The summed E-state index contributed by atoms with van der Waals surface area (Å²) < 4.78 is 0. The maximum absolute atomic E-state index is 4.02. The van der Waals surface area contributed by atoms with E-state index in [1.807, 2.05) is 0 Å². The highest BCUT2D eigenvalue weighted by atomic mass is 15.2. The molecule has 0 aromatic heterocycles. The highest BCUT2D eigenvalue weighted by Crippen LogP contribution is 2.11. The van der Waals surface area contributed by atoms with Gasteiger partial charge in [-0.05, 0) is 6.92 Å². The van der Waals surface area contributed by atoms with Gasteiger partial charge in [0.1, 0.15) is 6.04 Å². The standard InChI is InChI=1S/C13H20N2/c1-11(13-5-3-2-4-6-13)15-8-7-12(9-14)10-15/h2-6,11-12H,7-10,14H2,1H3/p+2/t11-,12+/m0/s1. The van der Waals surface area contributed by atoms with Crippen LogP contribution in [0.5, 0.6) is 0 Å². The average Bonchev–Trinajstić information content (AvgIpc) is 2.78. The normalized spacial score (nSPS) is 27.9. The lowest BCUT2D eigenvalue weighted by atomic mass is 10.1. The van der Waals surface area contributed by atoms with Gasteiger partial charge < -0.3 is 10.6 Å². The van der Waals surface area contributed by atoms with E-state index in [2.05, 4.69) is 43.0 Å². The van der Waals surface area contributed by atoms with Crippen LogP contribution in [0.4, 0.5) is 0 Å². The molecule has 0 saturated carbocycles. The largest absolute Gasteiger partial charge is 0.357 e. The Morgan fingerprint density at radius 3 is 2.73 bits per heavy atom. The third-order valence-electron chi connectivity index (χ3n) is 3.74. The van der Waals surface area contributed by atoms with Gasteiger partial charge in [0.15, 0.2) is 0 Å². The van der Waals surface area contributed by atoms with Gasteiger partial charge in [-0.25, -0.2) is 0 Å². The minimum absolute atomic E-state index is 0.641. The third kappa shape index (κ3) is 2.39. The van der Waals surface area contributed by atoms with Gasteiger partial charge >= 0.3 is 0 Å². The van der Waals surface area contributed by atoms with Gasteiger partial charge in [-0.2, -0.15) is 0 Å². The topological polar surface area (TPSA) is 32.1 Å². The van der Waals surface area contributed by atoms with E-state index in [0.717, 1.165) is 12.5 Å². The van der Waals surface area contributed by atoms with Crippen LogP contribution in [-0.2, 0) is 0 Å². The molecule has 82 valence electrons. The lowest BCUT2D eigenvalue weighted by Crippen LogP contribution is -3.10. The van der Waals surface area contributed by atoms with Gasteiger partial charge in [0.05, 0.1) is 25.6 Å². The zero-order valence-corrected chi connectivity index (χ0v) is 9.58. The van der Waals surface area contributed by atoms with Crippen molar-refractivity contribution in [3.05, 3.63) is 35.9 Å². The summed E-state index contributed by atoms with van der Waals surface area (Å²) in [5.74, 6) is 0.853. The molecule has 1 unspecified atom stereocenters. The quantitative estimate of drug-likeness (QED) is 0.692. The van der Waals surface area contributed by atoms with Crippen molar-refractivity contribution in [2.24, 2.45) is 5.92 Å². The molecule has 1 aromatic carbocycles. The Kier molecular flexibility index (Phi) is 3.39. The molecule has 2 nitrogen and oxygen atoms in total. The summed E-state index contributed by atoms with van der Waals surface area (Å²) in [7, 11) is 0. The smallest absolute Gasteiger partial charge is 0.110 e. The van der Waals surface area contributed by atoms with Crippen molar-refractivity contribution in [3.8, 4) is 0 Å². The zero-order chi connectivity index (χ0) is 10.7. The Morgan fingerprint density at radius 1 is 1.40 bits per heavy atom. The van der Waals surface area contributed by atoms with Crippen LogP contribution in [-0.4, -0.2) is 19.6 Å². The van der Waals surface area contributed by atoms with E-state index in [1.54, 1.807) is 4.90 Å². The van der Waals surface area contributed by atoms with Gasteiger partial charge in [-0.1, -0.05) is 30.3 Å². The highest BCUT2D eigenvalue weighted by Gasteiger charge is 2.30.